The van der Waals surface area contributed by atoms with E-state index in [0.29, 0.717) is 10.9 Å². The summed E-state index contributed by atoms with van der Waals surface area (Å²) in [6.45, 7) is 1.85. The fraction of sp³-hybridized carbons (Fsp3) is 0.167. The van der Waals surface area contributed by atoms with Crippen LogP contribution in [-0.4, -0.2) is 29.1 Å². The van der Waals surface area contributed by atoms with Crippen LogP contribution >= 0.6 is 0 Å². The third-order valence-corrected chi connectivity index (χ3v) is 2.65. The highest BCUT2D eigenvalue weighted by Crippen LogP contribution is 2.23. The summed E-state index contributed by atoms with van der Waals surface area (Å²) >= 11 is 0. The van der Waals surface area contributed by atoms with Gasteiger partial charge in [0.15, 0.2) is 0 Å². The van der Waals surface area contributed by atoms with Crippen molar-refractivity contribution in [3.8, 4) is 0 Å². The molecule has 0 atom stereocenters. The van der Waals surface area contributed by atoms with Crippen molar-refractivity contribution in [3.63, 3.8) is 0 Å². The van der Waals surface area contributed by atoms with Crippen molar-refractivity contribution in [1.82, 2.24) is 4.98 Å². The van der Waals surface area contributed by atoms with Crippen LogP contribution in [0.4, 0.5) is 0 Å². The van der Waals surface area contributed by atoms with Crippen molar-refractivity contribution in [2.24, 2.45) is 0 Å². The van der Waals surface area contributed by atoms with Gasteiger partial charge in [-0.25, -0.2) is 9.59 Å². The summed E-state index contributed by atoms with van der Waals surface area (Å²) in [6.07, 6.45) is 0. The predicted octanol–water partition coefficient (Wildman–Crippen LogP) is 1.96. The second-order valence-corrected chi connectivity index (χ2v) is 3.70. The number of hydrogen-bond acceptors (Lipinski definition) is 3. The number of carboxylic acids is 1. The Labute approximate surface area is 97.0 Å². The number of hydrogen-bond donors (Lipinski definition) is 2. The Bertz CT molecular complexity index is 612. The summed E-state index contributed by atoms with van der Waals surface area (Å²) in [5.41, 5.74) is 1.73. The first-order chi connectivity index (χ1) is 8.04. The van der Waals surface area contributed by atoms with E-state index in [0.717, 1.165) is 5.56 Å². The molecule has 5 nitrogen and oxygen atoms in total. The Hall–Kier alpha value is -2.30. The number of aromatic nitrogens is 1. The molecule has 0 saturated carbocycles. The third kappa shape index (κ3) is 1.75. The molecule has 0 unspecified atom stereocenters. The molecule has 0 aliphatic carbocycles. The van der Waals surface area contributed by atoms with E-state index >= 15 is 0 Å². The molecule has 88 valence electrons. The van der Waals surface area contributed by atoms with E-state index in [9.17, 15) is 9.59 Å². The lowest BCUT2D eigenvalue weighted by Gasteiger charge is -1.99. The van der Waals surface area contributed by atoms with Crippen LogP contribution in [0.25, 0.3) is 10.9 Å². The number of aryl methyl sites for hydroxylation is 1. The monoisotopic (exact) mass is 233 g/mol. The lowest BCUT2D eigenvalue weighted by atomic mass is 10.1. The molecule has 0 saturated heterocycles. The molecule has 0 aliphatic rings. The van der Waals surface area contributed by atoms with Crippen molar-refractivity contribution in [1.29, 1.82) is 0 Å². The van der Waals surface area contributed by atoms with Crippen LogP contribution in [-0.2, 0) is 4.74 Å². The number of ether oxygens (including phenoxy) is 1. The molecule has 0 fully saturated rings. The number of nitrogens with one attached hydrogen (secondary N) is 1. The number of aromatic carboxylic acids is 1. The number of carbonyl (C=O) groups excluding carboxylic acids is 1. The van der Waals surface area contributed by atoms with Crippen LogP contribution in [0.1, 0.15) is 26.4 Å². The summed E-state index contributed by atoms with van der Waals surface area (Å²) < 4.78 is 4.59. The smallest absolute Gasteiger partial charge is 0.354 e. The molecule has 0 aliphatic heterocycles. The number of aromatic amines is 1. The number of H-pyrrole nitrogens is 1. The first kappa shape index (κ1) is 11.2. The predicted molar refractivity (Wildman–Crippen MR) is 61.3 cm³/mol. The molecule has 2 aromatic rings. The summed E-state index contributed by atoms with van der Waals surface area (Å²) in [5, 5.41) is 9.76. The Morgan fingerprint density at radius 3 is 2.65 bits per heavy atom. The van der Waals surface area contributed by atoms with Gasteiger partial charge < -0.3 is 14.8 Å². The second-order valence-electron chi connectivity index (χ2n) is 3.70. The summed E-state index contributed by atoms with van der Waals surface area (Å²) in [4.78, 5) is 25.2. The standard InChI is InChI=1S/C12H11NO4/c1-6-3-4-7(11(14)15)10-8(6)5-9(13-10)12(16)17-2/h3-5,13H,1-2H3,(H,14,15). The van der Waals surface area contributed by atoms with E-state index in [1.165, 1.54) is 13.2 Å². The average molecular weight is 233 g/mol. The van der Waals surface area contributed by atoms with Crippen molar-refractivity contribution in [3.05, 3.63) is 35.0 Å². The van der Waals surface area contributed by atoms with Gasteiger partial charge in [-0.3, -0.25) is 0 Å². The number of rotatable bonds is 2. The maximum atomic E-state index is 11.4. The van der Waals surface area contributed by atoms with Crippen molar-refractivity contribution < 1.29 is 19.4 Å². The molecular weight excluding hydrogens is 222 g/mol. The van der Waals surface area contributed by atoms with Crippen LogP contribution < -0.4 is 0 Å². The maximum Gasteiger partial charge on any atom is 0.354 e. The lowest BCUT2D eigenvalue weighted by Crippen LogP contribution is -2.01. The summed E-state index contributed by atoms with van der Waals surface area (Å²) in [5.74, 6) is -1.55. The van der Waals surface area contributed by atoms with E-state index < -0.39 is 11.9 Å². The minimum Gasteiger partial charge on any atom is -0.478 e. The Balaban J connectivity index is 2.74. The molecule has 0 bridgehead atoms. The number of benzene rings is 1. The molecule has 1 heterocycles. The van der Waals surface area contributed by atoms with Crippen LogP contribution in [0.15, 0.2) is 18.2 Å². The highest BCUT2D eigenvalue weighted by Gasteiger charge is 2.16. The highest BCUT2D eigenvalue weighted by molar-refractivity contribution is 6.05. The molecule has 1 aromatic heterocycles. The normalized spacial score (nSPS) is 10.5. The molecule has 1 aromatic carbocycles. The SMILES string of the molecule is COC(=O)c1cc2c(C)ccc(C(=O)O)c2[nH]1. The molecule has 0 radical (unpaired) electrons. The minimum absolute atomic E-state index is 0.140. The quantitative estimate of drug-likeness (QED) is 0.777. The van der Waals surface area contributed by atoms with Gasteiger partial charge in [0.2, 0.25) is 0 Å². The number of carboxylic acid groups (broad SMARTS) is 1. The van der Waals surface area contributed by atoms with Gasteiger partial charge in [0, 0.05) is 5.39 Å². The van der Waals surface area contributed by atoms with E-state index in [-0.39, 0.29) is 11.3 Å². The topological polar surface area (TPSA) is 79.4 Å². The summed E-state index contributed by atoms with van der Waals surface area (Å²) in [6, 6.07) is 4.82. The van der Waals surface area contributed by atoms with E-state index in [4.69, 9.17) is 5.11 Å². The summed E-state index contributed by atoms with van der Waals surface area (Å²) in [7, 11) is 1.28. The minimum atomic E-state index is -1.03. The van der Waals surface area contributed by atoms with Gasteiger partial charge in [0.25, 0.3) is 0 Å². The molecule has 2 N–H and O–H groups in total. The first-order valence-corrected chi connectivity index (χ1v) is 4.98. The first-order valence-electron chi connectivity index (χ1n) is 4.98. The molecule has 5 heteroatoms. The van der Waals surface area contributed by atoms with E-state index in [1.807, 2.05) is 6.92 Å². The van der Waals surface area contributed by atoms with Crippen molar-refractivity contribution >= 4 is 22.8 Å². The van der Waals surface area contributed by atoms with Crippen LogP contribution in [0.3, 0.4) is 0 Å². The Morgan fingerprint density at radius 1 is 1.35 bits per heavy atom. The van der Waals surface area contributed by atoms with Crippen LogP contribution in [0.5, 0.6) is 0 Å². The zero-order chi connectivity index (χ0) is 12.6. The van der Waals surface area contributed by atoms with Gasteiger partial charge in [-0.05, 0) is 24.6 Å². The molecule has 0 amide bonds. The van der Waals surface area contributed by atoms with Gasteiger partial charge in [0.05, 0.1) is 18.2 Å². The number of methoxy groups -OCH3 is 1. The highest BCUT2D eigenvalue weighted by atomic mass is 16.5. The lowest BCUT2D eigenvalue weighted by molar-refractivity contribution is 0.0593. The Morgan fingerprint density at radius 2 is 2.06 bits per heavy atom. The molecular formula is C12H11NO4. The van der Waals surface area contributed by atoms with Gasteiger partial charge in [0.1, 0.15) is 5.69 Å². The fourth-order valence-corrected chi connectivity index (χ4v) is 1.76. The molecule has 0 spiro atoms. The van der Waals surface area contributed by atoms with Crippen LogP contribution in [0, 0.1) is 6.92 Å². The molecule has 17 heavy (non-hydrogen) atoms. The van der Waals surface area contributed by atoms with Gasteiger partial charge in [-0.15, -0.1) is 0 Å². The van der Waals surface area contributed by atoms with Gasteiger partial charge in [-0.2, -0.15) is 0 Å². The third-order valence-electron chi connectivity index (χ3n) is 2.65. The largest absolute Gasteiger partial charge is 0.478 e. The Kier molecular flexibility index (Phi) is 2.59. The van der Waals surface area contributed by atoms with Crippen molar-refractivity contribution in [2.75, 3.05) is 7.11 Å². The van der Waals surface area contributed by atoms with Crippen molar-refractivity contribution in [2.45, 2.75) is 6.92 Å². The maximum absolute atomic E-state index is 11.4. The number of fused-ring (bicyclic) bond motifs is 1. The zero-order valence-electron chi connectivity index (χ0n) is 9.40. The average Bonchev–Trinajstić information content (AvgIpc) is 2.73. The van der Waals surface area contributed by atoms with Crippen LogP contribution in [0.2, 0.25) is 0 Å². The number of carbonyl (C=O) groups is 2. The second kappa shape index (κ2) is 3.93. The fourth-order valence-electron chi connectivity index (χ4n) is 1.76. The number of esters is 1. The van der Waals surface area contributed by atoms with Gasteiger partial charge in [-0.1, -0.05) is 6.07 Å². The zero-order valence-corrected chi connectivity index (χ0v) is 9.40. The molecule has 2 rings (SSSR count). The van der Waals surface area contributed by atoms with Gasteiger partial charge >= 0.3 is 11.9 Å². The van der Waals surface area contributed by atoms with E-state index in [2.05, 4.69) is 9.72 Å². The van der Waals surface area contributed by atoms with E-state index in [1.54, 1.807) is 12.1 Å².